The van der Waals surface area contributed by atoms with Crippen LogP contribution in [0.15, 0.2) is 63.9 Å². The molecule has 3 aromatic rings. The Morgan fingerprint density at radius 1 is 1.16 bits per heavy atom. The predicted octanol–water partition coefficient (Wildman–Crippen LogP) is 4.29. The quantitative estimate of drug-likeness (QED) is 0.564. The first kappa shape index (κ1) is 22.3. The van der Waals surface area contributed by atoms with Crippen LogP contribution in [0.1, 0.15) is 18.5 Å². The van der Waals surface area contributed by atoms with Gasteiger partial charge in [0.2, 0.25) is 0 Å². The van der Waals surface area contributed by atoms with E-state index < -0.39 is 11.9 Å². The number of piperidine rings is 1. The zero-order valence-corrected chi connectivity index (χ0v) is 19.2. The highest BCUT2D eigenvalue weighted by molar-refractivity contribution is 9.10. The molecule has 168 valence electrons. The molecule has 2 aromatic carbocycles. The Labute approximate surface area is 193 Å². The Balaban J connectivity index is 1.34. The molecule has 0 spiro atoms. The number of likely N-dealkylation sites (tertiary alicyclic amines) is 1. The summed E-state index contributed by atoms with van der Waals surface area (Å²) in [6.07, 6.45) is 0.573. The molecule has 2 heterocycles. The van der Waals surface area contributed by atoms with Gasteiger partial charge in [0, 0.05) is 32.4 Å². The van der Waals surface area contributed by atoms with Crippen LogP contribution in [-0.4, -0.2) is 39.6 Å². The van der Waals surface area contributed by atoms with E-state index in [4.69, 9.17) is 4.74 Å². The van der Waals surface area contributed by atoms with Crippen molar-refractivity contribution in [1.29, 1.82) is 0 Å². The third-order valence-electron chi connectivity index (χ3n) is 5.58. The topological polar surface area (TPSA) is 68.5 Å². The van der Waals surface area contributed by atoms with Crippen LogP contribution in [0.3, 0.4) is 0 Å². The van der Waals surface area contributed by atoms with Crippen molar-refractivity contribution in [2.75, 3.05) is 18.4 Å². The van der Waals surface area contributed by atoms with Crippen LogP contribution in [0.25, 0.3) is 5.69 Å². The van der Waals surface area contributed by atoms with Crippen LogP contribution in [0.2, 0.25) is 0 Å². The maximum absolute atomic E-state index is 13.3. The Kier molecular flexibility index (Phi) is 6.76. The fraction of sp³-hybridized carbons (Fsp3) is 0.304. The number of halogens is 2. The number of nitrogens with zero attached hydrogens (tertiary/aromatic N) is 3. The molecule has 0 unspecified atom stereocenters. The van der Waals surface area contributed by atoms with Crippen molar-refractivity contribution < 1.29 is 13.9 Å². The molecule has 0 aliphatic carbocycles. The SMILES string of the molecule is Cn1c(CN2CCC(OC(=O)Nc3cccc(F)c3)CC2)c(Br)c(=O)n1-c1ccccc1. The lowest BCUT2D eigenvalue weighted by molar-refractivity contribution is 0.0559. The molecule has 32 heavy (non-hydrogen) atoms. The smallest absolute Gasteiger partial charge is 0.411 e. The van der Waals surface area contributed by atoms with Crippen molar-refractivity contribution in [3.63, 3.8) is 0 Å². The molecule has 7 nitrogen and oxygen atoms in total. The van der Waals surface area contributed by atoms with E-state index in [0.717, 1.165) is 24.5 Å². The molecular weight excluding hydrogens is 479 g/mol. The molecule has 4 rings (SSSR count). The number of hydrogen-bond donors (Lipinski definition) is 1. The first-order valence-electron chi connectivity index (χ1n) is 10.4. The number of anilines is 1. The number of hydrogen-bond acceptors (Lipinski definition) is 4. The number of carbonyl (C=O) groups excluding carboxylic acids is 1. The van der Waals surface area contributed by atoms with Gasteiger partial charge < -0.3 is 4.74 Å². The fourth-order valence-electron chi connectivity index (χ4n) is 3.91. The molecule has 1 amide bonds. The van der Waals surface area contributed by atoms with E-state index in [0.29, 0.717) is 29.5 Å². The zero-order valence-electron chi connectivity index (χ0n) is 17.6. The van der Waals surface area contributed by atoms with Gasteiger partial charge in [0.15, 0.2) is 0 Å². The Bertz CT molecular complexity index is 1150. The zero-order chi connectivity index (χ0) is 22.7. The van der Waals surface area contributed by atoms with Gasteiger partial charge in [-0.1, -0.05) is 24.3 Å². The van der Waals surface area contributed by atoms with Gasteiger partial charge in [0.05, 0.1) is 11.4 Å². The fourth-order valence-corrected chi connectivity index (χ4v) is 4.46. The molecule has 1 aromatic heterocycles. The van der Waals surface area contributed by atoms with Gasteiger partial charge in [-0.05, 0) is 59.1 Å². The van der Waals surface area contributed by atoms with E-state index >= 15 is 0 Å². The van der Waals surface area contributed by atoms with Gasteiger partial charge >= 0.3 is 6.09 Å². The lowest BCUT2D eigenvalue weighted by atomic mass is 10.1. The first-order valence-corrected chi connectivity index (χ1v) is 11.2. The van der Waals surface area contributed by atoms with Gasteiger partial charge in [-0.15, -0.1) is 0 Å². The lowest BCUT2D eigenvalue weighted by Crippen LogP contribution is -2.38. The van der Waals surface area contributed by atoms with E-state index in [2.05, 4.69) is 26.1 Å². The van der Waals surface area contributed by atoms with Crippen LogP contribution in [0.5, 0.6) is 0 Å². The summed E-state index contributed by atoms with van der Waals surface area (Å²) in [5, 5.41) is 2.56. The highest BCUT2D eigenvalue weighted by Gasteiger charge is 2.25. The molecule has 1 aliphatic heterocycles. The van der Waals surface area contributed by atoms with E-state index in [9.17, 15) is 14.0 Å². The van der Waals surface area contributed by atoms with Crippen molar-refractivity contribution in [3.05, 3.63) is 80.9 Å². The summed E-state index contributed by atoms with van der Waals surface area (Å²) in [6, 6.07) is 15.2. The number of ether oxygens (including phenoxy) is 1. The highest BCUT2D eigenvalue weighted by Crippen LogP contribution is 2.21. The van der Waals surface area contributed by atoms with Gasteiger partial charge in [0.25, 0.3) is 5.56 Å². The average Bonchev–Trinajstić information content (AvgIpc) is 2.98. The molecule has 1 aliphatic rings. The van der Waals surface area contributed by atoms with Gasteiger partial charge in [-0.3, -0.25) is 19.7 Å². The number of amides is 1. The minimum atomic E-state index is -0.584. The van der Waals surface area contributed by atoms with Crippen molar-refractivity contribution >= 4 is 27.7 Å². The minimum absolute atomic E-state index is 0.0964. The van der Waals surface area contributed by atoms with Crippen LogP contribution in [-0.2, 0) is 18.3 Å². The number of aromatic nitrogens is 2. The number of rotatable bonds is 5. The summed E-state index contributed by atoms with van der Waals surface area (Å²) < 4.78 is 22.8. The third-order valence-corrected chi connectivity index (χ3v) is 6.37. The second-order valence-electron chi connectivity index (χ2n) is 7.75. The van der Waals surface area contributed by atoms with Crippen molar-refractivity contribution in [3.8, 4) is 5.69 Å². The Morgan fingerprint density at radius 2 is 1.88 bits per heavy atom. The van der Waals surface area contributed by atoms with Gasteiger partial charge in [0.1, 0.15) is 16.4 Å². The third kappa shape index (κ3) is 4.94. The predicted molar refractivity (Wildman–Crippen MR) is 124 cm³/mol. The van der Waals surface area contributed by atoms with Crippen LogP contribution in [0.4, 0.5) is 14.9 Å². The lowest BCUT2D eigenvalue weighted by Gasteiger charge is -2.31. The molecular formula is C23H24BrFN4O3. The Hall–Kier alpha value is -2.91. The molecule has 1 saturated heterocycles. The monoisotopic (exact) mass is 502 g/mol. The van der Waals surface area contributed by atoms with Crippen LogP contribution >= 0.6 is 15.9 Å². The van der Waals surface area contributed by atoms with E-state index in [-0.39, 0.29) is 11.7 Å². The van der Waals surface area contributed by atoms with Crippen molar-refractivity contribution in [1.82, 2.24) is 14.3 Å². The van der Waals surface area contributed by atoms with E-state index in [1.807, 2.05) is 42.1 Å². The van der Waals surface area contributed by atoms with Gasteiger partial charge in [-0.25, -0.2) is 13.9 Å². The second-order valence-corrected chi connectivity index (χ2v) is 8.55. The van der Waals surface area contributed by atoms with Crippen molar-refractivity contribution in [2.45, 2.75) is 25.5 Å². The maximum Gasteiger partial charge on any atom is 0.411 e. The van der Waals surface area contributed by atoms with Crippen LogP contribution < -0.4 is 10.9 Å². The molecule has 1 N–H and O–H groups in total. The highest BCUT2D eigenvalue weighted by atomic mass is 79.9. The second kappa shape index (κ2) is 9.70. The summed E-state index contributed by atoms with van der Waals surface area (Å²) in [4.78, 5) is 27.1. The van der Waals surface area contributed by atoms with Gasteiger partial charge in [-0.2, -0.15) is 0 Å². The summed E-state index contributed by atoms with van der Waals surface area (Å²) in [6.45, 7) is 2.07. The Morgan fingerprint density at radius 3 is 2.56 bits per heavy atom. The summed E-state index contributed by atoms with van der Waals surface area (Å²) in [7, 11) is 1.88. The molecule has 0 radical (unpaired) electrons. The largest absolute Gasteiger partial charge is 0.446 e. The molecule has 1 fully saturated rings. The number of benzene rings is 2. The molecule has 0 atom stereocenters. The summed E-state index contributed by atoms with van der Waals surface area (Å²) >= 11 is 3.47. The summed E-state index contributed by atoms with van der Waals surface area (Å²) in [5.41, 5.74) is 1.97. The molecule has 0 saturated carbocycles. The molecule has 9 heteroatoms. The average molecular weight is 503 g/mol. The maximum atomic E-state index is 13.3. The standard InChI is InChI=1S/C23H24BrFN4O3/c1-27-20(21(24)22(30)29(27)18-8-3-2-4-9-18)15-28-12-10-19(11-13-28)32-23(31)26-17-7-5-6-16(25)14-17/h2-9,14,19H,10-13,15H2,1H3,(H,26,31). The number of carbonyl (C=O) groups is 1. The number of para-hydroxylation sites is 1. The van der Waals surface area contributed by atoms with Crippen LogP contribution in [0, 0.1) is 5.82 Å². The first-order chi connectivity index (χ1) is 15.4. The summed E-state index contributed by atoms with van der Waals surface area (Å²) in [5.74, 6) is -0.419. The van der Waals surface area contributed by atoms with E-state index in [1.165, 1.54) is 18.2 Å². The number of nitrogens with one attached hydrogen (secondary N) is 1. The minimum Gasteiger partial charge on any atom is -0.446 e. The van der Waals surface area contributed by atoms with Crippen molar-refractivity contribution in [2.24, 2.45) is 7.05 Å². The van der Waals surface area contributed by atoms with E-state index in [1.54, 1.807) is 10.7 Å². The molecule has 0 bridgehead atoms. The normalized spacial score (nSPS) is 15.0.